The molecule has 0 saturated heterocycles. The highest BCUT2D eigenvalue weighted by atomic mass is 35.5. The average molecular weight is 305 g/mol. The van der Waals surface area contributed by atoms with Gasteiger partial charge >= 0.3 is 0 Å². The molecule has 0 aliphatic carbocycles. The number of hydrogen-bond acceptors (Lipinski definition) is 3. The number of benzene rings is 1. The van der Waals surface area contributed by atoms with Gasteiger partial charge in [0.25, 0.3) is 5.91 Å². The lowest BCUT2D eigenvalue weighted by atomic mass is 10.0. The van der Waals surface area contributed by atoms with E-state index in [1.807, 2.05) is 0 Å². The number of pyridine rings is 1. The van der Waals surface area contributed by atoms with Gasteiger partial charge in [-0.3, -0.25) is 15.2 Å². The van der Waals surface area contributed by atoms with Crippen LogP contribution < -0.4 is 10.9 Å². The fourth-order valence-electron chi connectivity index (χ4n) is 1.97. The second kappa shape index (κ2) is 5.15. The second-order valence-corrected chi connectivity index (χ2v) is 4.96. The van der Waals surface area contributed by atoms with Gasteiger partial charge in [0.15, 0.2) is 0 Å². The summed E-state index contributed by atoms with van der Waals surface area (Å²) in [7, 11) is 0. The first-order valence-corrected chi connectivity index (χ1v) is 6.53. The van der Waals surface area contributed by atoms with Gasteiger partial charge < -0.3 is 0 Å². The summed E-state index contributed by atoms with van der Waals surface area (Å²) in [4.78, 5) is 15.9. The molecule has 1 aliphatic heterocycles. The lowest BCUT2D eigenvalue weighted by Gasteiger charge is -2.06. The molecule has 1 aromatic carbocycles. The molecule has 6 heteroatoms. The molecule has 1 N–H and O–H groups in total. The molecule has 4 nitrogen and oxygen atoms in total. The fraction of sp³-hybridized carbons (Fsp3) is 0. The van der Waals surface area contributed by atoms with Gasteiger partial charge in [-0.2, -0.15) is 0 Å². The predicted molar refractivity (Wildman–Crippen MR) is 77.8 cm³/mol. The Hall–Kier alpha value is -2.04. The Morgan fingerprint density at radius 2 is 1.70 bits per heavy atom. The van der Waals surface area contributed by atoms with E-state index in [1.165, 1.54) is 0 Å². The van der Waals surface area contributed by atoms with Crippen molar-refractivity contribution in [1.29, 1.82) is 0 Å². The van der Waals surface area contributed by atoms with Gasteiger partial charge in [-0.05, 0) is 29.8 Å². The fourth-order valence-corrected chi connectivity index (χ4v) is 2.27. The molecule has 0 saturated carbocycles. The number of halogens is 2. The van der Waals surface area contributed by atoms with Crippen LogP contribution in [0.5, 0.6) is 0 Å². The van der Waals surface area contributed by atoms with E-state index < -0.39 is 0 Å². The van der Waals surface area contributed by atoms with Crippen molar-refractivity contribution in [2.75, 3.05) is 0 Å². The van der Waals surface area contributed by atoms with Crippen LogP contribution in [-0.2, 0) is 4.79 Å². The minimum Gasteiger partial charge on any atom is -0.273 e. The number of hydrogen-bond donors (Lipinski definition) is 1. The number of rotatable bonds is 2. The highest BCUT2D eigenvalue weighted by molar-refractivity contribution is 6.42. The number of nitrogens with one attached hydrogen (secondary N) is 1. The van der Waals surface area contributed by atoms with Crippen molar-refractivity contribution in [2.24, 2.45) is 0 Å². The van der Waals surface area contributed by atoms with Crippen LogP contribution in [0.25, 0.3) is 11.3 Å². The smallest absolute Gasteiger partial charge is 0.273 e. The van der Waals surface area contributed by atoms with Gasteiger partial charge in [-0.25, -0.2) is 0 Å². The van der Waals surface area contributed by atoms with E-state index in [2.05, 4.69) is 15.8 Å². The Balaban J connectivity index is 2.16. The van der Waals surface area contributed by atoms with E-state index in [4.69, 9.17) is 23.2 Å². The summed E-state index contributed by atoms with van der Waals surface area (Å²) >= 11 is 11.9. The molecule has 0 fully saturated rings. The topological polar surface area (TPSA) is 56.1 Å². The summed E-state index contributed by atoms with van der Waals surface area (Å²) in [5, 5.41) is 0.835. The van der Waals surface area contributed by atoms with E-state index in [0.29, 0.717) is 26.9 Å². The number of carbonyl (C=O) groups is 1. The van der Waals surface area contributed by atoms with Crippen LogP contribution in [-0.4, -0.2) is 10.9 Å². The maximum absolute atomic E-state index is 12.0. The van der Waals surface area contributed by atoms with Crippen LogP contribution in [0.4, 0.5) is 0 Å². The molecule has 1 aromatic heterocycles. The minimum atomic E-state index is -0.338. The molecule has 2 aromatic rings. The van der Waals surface area contributed by atoms with Gasteiger partial charge in [0.1, 0.15) is 0 Å². The first-order valence-electron chi connectivity index (χ1n) is 5.78. The monoisotopic (exact) mass is 304 g/mol. The van der Waals surface area contributed by atoms with Crippen molar-refractivity contribution in [1.82, 2.24) is 15.8 Å². The average Bonchev–Trinajstić information content (AvgIpc) is 2.85. The van der Waals surface area contributed by atoms with Crippen LogP contribution in [0.3, 0.4) is 0 Å². The van der Waals surface area contributed by atoms with Crippen LogP contribution >= 0.6 is 23.2 Å². The molecule has 1 amide bonds. The lowest BCUT2D eigenvalue weighted by Crippen LogP contribution is -2.19. The summed E-state index contributed by atoms with van der Waals surface area (Å²) in [6.07, 6.45) is 3.30. The third kappa shape index (κ3) is 2.24. The zero-order valence-corrected chi connectivity index (χ0v) is 11.6. The molecule has 20 heavy (non-hydrogen) atoms. The van der Waals surface area contributed by atoms with Crippen molar-refractivity contribution >= 4 is 40.4 Å². The predicted octanol–water partition coefficient (Wildman–Crippen LogP) is 2.91. The number of carbonyl (C=O) groups excluding carboxylic acids is 1. The highest BCUT2D eigenvalue weighted by Gasteiger charge is 2.27. The van der Waals surface area contributed by atoms with Gasteiger partial charge in [0.2, 0.25) is 0 Å². The largest absolute Gasteiger partial charge is 0.296 e. The molecule has 99 valence electrons. The van der Waals surface area contributed by atoms with Gasteiger partial charge in [-0.15, -0.1) is 5.43 Å². The summed E-state index contributed by atoms with van der Waals surface area (Å²) in [5.41, 5.74) is 9.10. The highest BCUT2D eigenvalue weighted by Crippen LogP contribution is 2.31. The number of amides is 1. The standard InChI is InChI=1S/C14H8Cl2N3O/c15-10-2-1-9(7-11(10)16)12-13(18-19-14(12)20)8-3-5-17-6-4-8/h1-7,18H. The van der Waals surface area contributed by atoms with Crippen molar-refractivity contribution in [2.45, 2.75) is 0 Å². The quantitative estimate of drug-likeness (QED) is 0.928. The molecular weight excluding hydrogens is 297 g/mol. The molecule has 1 aliphatic rings. The Bertz CT molecular complexity index is 714. The molecule has 0 bridgehead atoms. The minimum absolute atomic E-state index is 0.338. The summed E-state index contributed by atoms with van der Waals surface area (Å²) in [5.74, 6) is -0.338. The zero-order chi connectivity index (χ0) is 14.1. The van der Waals surface area contributed by atoms with Crippen LogP contribution in [0.15, 0.2) is 42.7 Å². The molecule has 0 spiro atoms. The van der Waals surface area contributed by atoms with Crippen molar-refractivity contribution in [3.05, 3.63) is 63.9 Å². The van der Waals surface area contributed by atoms with Gasteiger partial charge in [-0.1, -0.05) is 29.3 Å². The zero-order valence-electron chi connectivity index (χ0n) is 10.1. The maximum Gasteiger partial charge on any atom is 0.296 e. The van der Waals surface area contributed by atoms with E-state index in [0.717, 1.165) is 5.56 Å². The molecular formula is C14H8Cl2N3O. The first kappa shape index (κ1) is 13.0. The molecule has 3 rings (SSSR count). The SMILES string of the molecule is O=C1[N]NC(c2ccncc2)=C1c1ccc(Cl)c(Cl)c1. The third-order valence-corrected chi connectivity index (χ3v) is 3.65. The molecule has 1 radical (unpaired) electrons. The Kier molecular flexibility index (Phi) is 3.34. The van der Waals surface area contributed by atoms with Crippen LogP contribution in [0, 0.1) is 0 Å². The Morgan fingerprint density at radius 1 is 0.950 bits per heavy atom. The first-order chi connectivity index (χ1) is 9.66. The van der Waals surface area contributed by atoms with E-state index in [9.17, 15) is 4.79 Å². The molecule has 2 heterocycles. The lowest BCUT2D eigenvalue weighted by molar-refractivity contribution is -0.115. The maximum atomic E-state index is 12.0. The Morgan fingerprint density at radius 3 is 2.40 bits per heavy atom. The molecule has 0 unspecified atom stereocenters. The van der Waals surface area contributed by atoms with Crippen molar-refractivity contribution in [3.8, 4) is 0 Å². The molecule has 0 atom stereocenters. The summed E-state index contributed by atoms with van der Waals surface area (Å²) in [6.45, 7) is 0. The second-order valence-electron chi connectivity index (χ2n) is 4.14. The van der Waals surface area contributed by atoms with Gasteiger partial charge in [0.05, 0.1) is 21.3 Å². The van der Waals surface area contributed by atoms with Crippen LogP contribution in [0.2, 0.25) is 10.0 Å². The summed E-state index contributed by atoms with van der Waals surface area (Å²) < 4.78 is 0. The van der Waals surface area contributed by atoms with Crippen molar-refractivity contribution < 1.29 is 4.79 Å². The van der Waals surface area contributed by atoms with Crippen molar-refractivity contribution in [3.63, 3.8) is 0 Å². The normalized spacial score (nSPS) is 14.2. The Labute approximate surface area is 125 Å². The number of nitrogens with zero attached hydrogens (tertiary/aromatic N) is 2. The third-order valence-electron chi connectivity index (χ3n) is 2.91. The summed E-state index contributed by atoms with van der Waals surface area (Å²) in [6, 6.07) is 8.65. The van der Waals surface area contributed by atoms with E-state index in [-0.39, 0.29) is 5.91 Å². The van der Waals surface area contributed by atoms with Crippen LogP contribution in [0.1, 0.15) is 11.1 Å². The van der Waals surface area contributed by atoms with E-state index in [1.54, 1.807) is 42.7 Å². The van der Waals surface area contributed by atoms with Gasteiger partial charge in [0, 0.05) is 18.0 Å². The van der Waals surface area contributed by atoms with E-state index >= 15 is 0 Å². The number of aromatic nitrogens is 1.